The topological polar surface area (TPSA) is 21.3 Å². The molecule has 0 aromatic heterocycles. The van der Waals surface area contributed by atoms with Crippen LogP contribution in [0.25, 0.3) is 0 Å². The van der Waals surface area contributed by atoms with Crippen molar-refractivity contribution in [2.24, 2.45) is 0 Å². The highest BCUT2D eigenvalue weighted by molar-refractivity contribution is 5.50. The van der Waals surface area contributed by atoms with Gasteiger partial charge in [0.1, 0.15) is 0 Å². The summed E-state index contributed by atoms with van der Waals surface area (Å²) in [5.74, 6) is 0. The number of benzene rings is 1. The minimum atomic E-state index is 0.401. The average molecular weight is 205 g/mol. The second-order valence-electron chi connectivity index (χ2n) is 4.18. The number of hydrogen-bond donors (Lipinski definition) is 1. The van der Waals surface area contributed by atoms with Gasteiger partial charge in [-0.05, 0) is 37.8 Å². The van der Waals surface area contributed by atoms with Gasteiger partial charge in [0.15, 0.2) is 0 Å². The minimum absolute atomic E-state index is 0.401. The number of ether oxygens (including phenoxy) is 1. The molecule has 82 valence electrons. The molecule has 1 heterocycles. The molecule has 0 spiro atoms. The molecule has 0 bridgehead atoms. The van der Waals surface area contributed by atoms with Crippen molar-refractivity contribution in [1.82, 2.24) is 0 Å². The van der Waals surface area contributed by atoms with Crippen LogP contribution in [-0.4, -0.2) is 19.3 Å². The first kappa shape index (κ1) is 10.5. The Morgan fingerprint density at radius 3 is 2.93 bits per heavy atom. The zero-order chi connectivity index (χ0) is 10.5. The van der Waals surface area contributed by atoms with Crippen molar-refractivity contribution >= 4 is 5.69 Å². The van der Waals surface area contributed by atoms with Crippen molar-refractivity contribution in [3.05, 3.63) is 29.8 Å². The van der Waals surface area contributed by atoms with Crippen molar-refractivity contribution in [3.8, 4) is 0 Å². The van der Waals surface area contributed by atoms with E-state index >= 15 is 0 Å². The molecule has 1 saturated heterocycles. The van der Waals surface area contributed by atoms with Gasteiger partial charge >= 0.3 is 0 Å². The van der Waals surface area contributed by atoms with Crippen molar-refractivity contribution in [2.75, 3.05) is 18.5 Å². The number of aryl methyl sites for hydroxylation is 1. The van der Waals surface area contributed by atoms with Crippen LogP contribution in [0.5, 0.6) is 0 Å². The first-order valence-electron chi connectivity index (χ1n) is 5.77. The minimum Gasteiger partial charge on any atom is -0.382 e. The van der Waals surface area contributed by atoms with Crippen LogP contribution < -0.4 is 5.32 Å². The highest BCUT2D eigenvalue weighted by Crippen LogP contribution is 2.16. The van der Waals surface area contributed by atoms with Gasteiger partial charge in [-0.3, -0.25) is 0 Å². The zero-order valence-electron chi connectivity index (χ0n) is 9.33. The van der Waals surface area contributed by atoms with Crippen LogP contribution in [-0.2, 0) is 4.74 Å². The lowest BCUT2D eigenvalue weighted by atomic mass is 10.1. The molecule has 1 fully saturated rings. The SMILES string of the molecule is Cc1ccccc1NCC1CCCCO1. The summed E-state index contributed by atoms with van der Waals surface area (Å²) in [6.45, 7) is 4.00. The van der Waals surface area contributed by atoms with E-state index < -0.39 is 0 Å². The van der Waals surface area contributed by atoms with Crippen molar-refractivity contribution < 1.29 is 4.74 Å². The molecule has 1 aliphatic rings. The van der Waals surface area contributed by atoms with Crippen molar-refractivity contribution in [1.29, 1.82) is 0 Å². The molecule has 1 unspecified atom stereocenters. The summed E-state index contributed by atoms with van der Waals surface area (Å²) < 4.78 is 5.68. The fourth-order valence-corrected chi connectivity index (χ4v) is 1.96. The van der Waals surface area contributed by atoms with Gasteiger partial charge in [-0.2, -0.15) is 0 Å². The van der Waals surface area contributed by atoms with Gasteiger partial charge in [0.05, 0.1) is 6.10 Å². The van der Waals surface area contributed by atoms with E-state index in [9.17, 15) is 0 Å². The van der Waals surface area contributed by atoms with Crippen molar-refractivity contribution in [3.63, 3.8) is 0 Å². The van der Waals surface area contributed by atoms with E-state index in [0.717, 1.165) is 13.2 Å². The van der Waals surface area contributed by atoms with Crippen LogP contribution in [0.15, 0.2) is 24.3 Å². The molecule has 1 aromatic rings. The van der Waals surface area contributed by atoms with Gasteiger partial charge in [0, 0.05) is 18.8 Å². The number of hydrogen-bond acceptors (Lipinski definition) is 2. The number of anilines is 1. The van der Waals surface area contributed by atoms with E-state index in [2.05, 4.69) is 36.5 Å². The molecule has 2 rings (SSSR count). The Morgan fingerprint density at radius 2 is 2.20 bits per heavy atom. The van der Waals surface area contributed by atoms with Crippen LogP contribution in [0.4, 0.5) is 5.69 Å². The van der Waals surface area contributed by atoms with Crippen LogP contribution >= 0.6 is 0 Å². The van der Waals surface area contributed by atoms with E-state index in [1.807, 2.05) is 0 Å². The van der Waals surface area contributed by atoms with Crippen LogP contribution in [0, 0.1) is 6.92 Å². The smallest absolute Gasteiger partial charge is 0.0747 e. The lowest BCUT2D eigenvalue weighted by Gasteiger charge is -2.23. The third kappa shape index (κ3) is 2.96. The molecular weight excluding hydrogens is 186 g/mol. The van der Waals surface area contributed by atoms with E-state index in [1.54, 1.807) is 0 Å². The molecule has 1 N–H and O–H groups in total. The van der Waals surface area contributed by atoms with E-state index in [1.165, 1.54) is 30.5 Å². The average Bonchev–Trinajstić information content (AvgIpc) is 2.29. The summed E-state index contributed by atoms with van der Waals surface area (Å²) in [7, 11) is 0. The first-order chi connectivity index (χ1) is 7.36. The molecule has 1 aromatic carbocycles. The fourth-order valence-electron chi connectivity index (χ4n) is 1.96. The summed E-state index contributed by atoms with van der Waals surface area (Å²) in [5.41, 5.74) is 2.53. The summed E-state index contributed by atoms with van der Waals surface area (Å²) in [6.07, 6.45) is 4.12. The van der Waals surface area contributed by atoms with Crippen molar-refractivity contribution in [2.45, 2.75) is 32.3 Å². The summed E-state index contributed by atoms with van der Waals surface area (Å²) >= 11 is 0. The standard InChI is InChI=1S/C13H19NO/c1-11-6-2-3-8-13(11)14-10-12-7-4-5-9-15-12/h2-3,6,8,12,14H,4-5,7,9-10H2,1H3. The quantitative estimate of drug-likeness (QED) is 0.819. The summed E-state index contributed by atoms with van der Waals surface area (Å²) in [4.78, 5) is 0. The lowest BCUT2D eigenvalue weighted by molar-refractivity contribution is 0.0247. The highest BCUT2D eigenvalue weighted by Gasteiger charge is 2.13. The Morgan fingerprint density at radius 1 is 1.33 bits per heavy atom. The summed E-state index contributed by atoms with van der Waals surface area (Å²) in [5, 5.41) is 3.46. The zero-order valence-corrected chi connectivity index (χ0v) is 9.33. The maximum absolute atomic E-state index is 5.68. The molecule has 15 heavy (non-hydrogen) atoms. The number of para-hydroxylation sites is 1. The largest absolute Gasteiger partial charge is 0.382 e. The Balaban J connectivity index is 1.84. The normalized spacial score (nSPS) is 21.3. The molecule has 1 aliphatic heterocycles. The summed E-state index contributed by atoms with van der Waals surface area (Å²) in [6, 6.07) is 8.39. The molecule has 2 nitrogen and oxygen atoms in total. The molecule has 0 amide bonds. The third-order valence-electron chi connectivity index (χ3n) is 2.94. The predicted octanol–water partition coefficient (Wildman–Crippen LogP) is 2.98. The second-order valence-corrected chi connectivity index (χ2v) is 4.18. The van der Waals surface area contributed by atoms with Crippen LogP contribution in [0.2, 0.25) is 0 Å². The van der Waals surface area contributed by atoms with Gasteiger partial charge in [0.25, 0.3) is 0 Å². The van der Waals surface area contributed by atoms with Gasteiger partial charge in [0.2, 0.25) is 0 Å². The fraction of sp³-hybridized carbons (Fsp3) is 0.538. The van der Waals surface area contributed by atoms with Gasteiger partial charge in [-0.25, -0.2) is 0 Å². The van der Waals surface area contributed by atoms with Gasteiger partial charge in [-0.15, -0.1) is 0 Å². The van der Waals surface area contributed by atoms with Gasteiger partial charge < -0.3 is 10.1 Å². The Kier molecular flexibility index (Phi) is 3.62. The number of nitrogens with one attached hydrogen (secondary N) is 1. The molecule has 1 atom stereocenters. The van der Waals surface area contributed by atoms with E-state index in [4.69, 9.17) is 4.74 Å². The molecule has 0 saturated carbocycles. The predicted molar refractivity (Wildman–Crippen MR) is 63.3 cm³/mol. The highest BCUT2D eigenvalue weighted by atomic mass is 16.5. The first-order valence-corrected chi connectivity index (χ1v) is 5.77. The molecule has 0 radical (unpaired) electrons. The molecule has 0 aliphatic carbocycles. The monoisotopic (exact) mass is 205 g/mol. The lowest BCUT2D eigenvalue weighted by Crippen LogP contribution is -2.27. The molecular formula is C13H19NO. The van der Waals surface area contributed by atoms with E-state index in [0.29, 0.717) is 6.10 Å². The molecule has 2 heteroatoms. The third-order valence-corrected chi connectivity index (χ3v) is 2.94. The maximum Gasteiger partial charge on any atom is 0.0747 e. The second kappa shape index (κ2) is 5.17. The van der Waals surface area contributed by atoms with Crippen LogP contribution in [0.1, 0.15) is 24.8 Å². The maximum atomic E-state index is 5.68. The number of rotatable bonds is 3. The Hall–Kier alpha value is -1.02. The van der Waals surface area contributed by atoms with E-state index in [-0.39, 0.29) is 0 Å². The van der Waals surface area contributed by atoms with Crippen LogP contribution in [0.3, 0.4) is 0 Å². The Labute approximate surface area is 91.6 Å². The van der Waals surface area contributed by atoms with Gasteiger partial charge in [-0.1, -0.05) is 18.2 Å². The Bertz CT molecular complexity index is 305.